The van der Waals surface area contributed by atoms with Gasteiger partial charge in [0.2, 0.25) is 0 Å². The molecule has 1 aromatic rings. The number of hydrogen-bond acceptors (Lipinski definition) is 2. The van der Waals surface area contributed by atoms with E-state index in [2.05, 4.69) is 4.74 Å². The Morgan fingerprint density at radius 3 is 2.40 bits per heavy atom. The second-order valence-electron chi connectivity index (χ2n) is 3.13. The van der Waals surface area contributed by atoms with Crippen LogP contribution in [-0.2, 0) is 9.53 Å². The molecule has 0 atom stereocenters. The lowest BCUT2D eigenvalue weighted by Gasteiger charge is -2.06. The van der Waals surface area contributed by atoms with Crippen molar-refractivity contribution in [2.45, 2.75) is 13.3 Å². The zero-order valence-electron chi connectivity index (χ0n) is 8.79. The van der Waals surface area contributed by atoms with Crippen molar-refractivity contribution in [3.63, 3.8) is 0 Å². The molecule has 0 aliphatic rings. The molecule has 0 fully saturated rings. The lowest BCUT2D eigenvalue weighted by atomic mass is 10.0. The Hall–Kier alpha value is -1.64. The number of esters is 1. The van der Waals surface area contributed by atoms with Crippen LogP contribution in [0.3, 0.4) is 0 Å². The zero-order chi connectivity index (χ0) is 11.3. The number of hydrogen-bond donors (Lipinski definition) is 0. The third-order valence-corrected chi connectivity index (χ3v) is 2.09. The van der Waals surface area contributed by atoms with E-state index >= 15 is 0 Å². The number of carbonyl (C=O) groups excluding carboxylic acids is 1. The number of allylic oxidation sites excluding steroid dienone is 1. The van der Waals surface area contributed by atoms with E-state index in [4.69, 9.17) is 0 Å². The Labute approximate surface area is 88.4 Å². The number of rotatable bonds is 3. The molecule has 15 heavy (non-hydrogen) atoms. The van der Waals surface area contributed by atoms with Gasteiger partial charge in [0.1, 0.15) is 5.83 Å². The molecule has 0 aromatic heterocycles. The average molecular weight is 208 g/mol. The summed E-state index contributed by atoms with van der Waals surface area (Å²) in [6, 6.07) is 8.97. The van der Waals surface area contributed by atoms with Crippen molar-refractivity contribution in [3.8, 4) is 0 Å². The van der Waals surface area contributed by atoms with Gasteiger partial charge in [-0.3, -0.25) is 4.79 Å². The van der Waals surface area contributed by atoms with E-state index in [0.29, 0.717) is 11.1 Å². The molecule has 0 N–H and O–H groups in total. The van der Waals surface area contributed by atoms with Gasteiger partial charge in [-0.25, -0.2) is 4.39 Å². The lowest BCUT2D eigenvalue weighted by Crippen LogP contribution is -2.02. The standard InChI is InChI=1S/C12H13FO2/c1-9(13)11(8-12(14)15-2)10-6-4-3-5-7-10/h3-7H,8H2,1-2H3/b11-9+. The van der Waals surface area contributed by atoms with Crippen molar-refractivity contribution >= 4 is 11.5 Å². The highest BCUT2D eigenvalue weighted by molar-refractivity contribution is 5.85. The van der Waals surface area contributed by atoms with Crippen molar-refractivity contribution in [2.24, 2.45) is 0 Å². The highest BCUT2D eigenvalue weighted by Crippen LogP contribution is 2.23. The summed E-state index contributed by atoms with van der Waals surface area (Å²) in [7, 11) is 1.29. The average Bonchev–Trinajstić information content (AvgIpc) is 2.26. The predicted molar refractivity (Wildman–Crippen MR) is 56.8 cm³/mol. The Morgan fingerprint density at radius 1 is 1.33 bits per heavy atom. The normalized spacial score (nSPS) is 11.9. The summed E-state index contributed by atoms with van der Waals surface area (Å²) in [5.74, 6) is -0.794. The monoisotopic (exact) mass is 208 g/mol. The number of benzene rings is 1. The van der Waals surface area contributed by atoms with Crippen molar-refractivity contribution in [3.05, 3.63) is 41.7 Å². The molecule has 80 valence electrons. The second-order valence-corrected chi connectivity index (χ2v) is 3.13. The molecule has 0 radical (unpaired) electrons. The Morgan fingerprint density at radius 2 is 1.93 bits per heavy atom. The number of methoxy groups -OCH3 is 1. The summed E-state index contributed by atoms with van der Waals surface area (Å²) in [5.41, 5.74) is 1.09. The molecule has 0 bridgehead atoms. The molecule has 2 nitrogen and oxygen atoms in total. The van der Waals surface area contributed by atoms with Crippen LogP contribution in [0.4, 0.5) is 4.39 Å². The van der Waals surface area contributed by atoms with Gasteiger partial charge in [-0.1, -0.05) is 30.3 Å². The molecule has 1 aromatic carbocycles. The third kappa shape index (κ3) is 3.20. The van der Waals surface area contributed by atoms with E-state index in [1.165, 1.54) is 14.0 Å². The van der Waals surface area contributed by atoms with Gasteiger partial charge in [0.05, 0.1) is 13.5 Å². The summed E-state index contributed by atoms with van der Waals surface area (Å²) in [5, 5.41) is 0. The number of ether oxygens (including phenoxy) is 1. The first kappa shape index (κ1) is 11.4. The van der Waals surface area contributed by atoms with Crippen molar-refractivity contribution < 1.29 is 13.9 Å². The maximum Gasteiger partial charge on any atom is 0.310 e. The lowest BCUT2D eigenvalue weighted by molar-refractivity contribution is -0.139. The van der Waals surface area contributed by atoms with Crippen LogP contribution in [0, 0.1) is 0 Å². The fourth-order valence-electron chi connectivity index (χ4n) is 1.28. The van der Waals surface area contributed by atoms with E-state index in [1.807, 2.05) is 6.07 Å². The van der Waals surface area contributed by atoms with Gasteiger partial charge in [-0.05, 0) is 12.5 Å². The largest absolute Gasteiger partial charge is 0.469 e. The van der Waals surface area contributed by atoms with Crippen LogP contribution in [0.15, 0.2) is 36.2 Å². The topological polar surface area (TPSA) is 26.3 Å². The maximum absolute atomic E-state index is 13.2. The molecule has 0 unspecified atom stereocenters. The highest BCUT2D eigenvalue weighted by Gasteiger charge is 2.11. The Bertz CT molecular complexity index is 364. The molecule has 3 heteroatoms. The van der Waals surface area contributed by atoms with Crippen molar-refractivity contribution in [1.29, 1.82) is 0 Å². The van der Waals surface area contributed by atoms with Crippen LogP contribution in [0.5, 0.6) is 0 Å². The summed E-state index contributed by atoms with van der Waals surface area (Å²) in [6.07, 6.45) is -0.0388. The number of carbonyl (C=O) groups is 1. The molecule has 0 amide bonds. The van der Waals surface area contributed by atoms with Crippen LogP contribution in [0.2, 0.25) is 0 Å². The van der Waals surface area contributed by atoms with Crippen LogP contribution in [0.1, 0.15) is 18.9 Å². The predicted octanol–water partition coefficient (Wildman–Crippen LogP) is 2.95. The fourth-order valence-corrected chi connectivity index (χ4v) is 1.28. The molecule has 0 saturated carbocycles. The van der Waals surface area contributed by atoms with Gasteiger partial charge >= 0.3 is 5.97 Å². The zero-order valence-corrected chi connectivity index (χ0v) is 8.79. The highest BCUT2D eigenvalue weighted by atomic mass is 19.1. The Balaban J connectivity index is 2.96. The molecule has 0 aliphatic heterocycles. The SMILES string of the molecule is COC(=O)C/C(=C(/C)F)c1ccccc1. The summed E-state index contributed by atoms with van der Waals surface area (Å²) in [6.45, 7) is 1.34. The van der Waals surface area contributed by atoms with E-state index in [9.17, 15) is 9.18 Å². The molecule has 0 aliphatic carbocycles. The van der Waals surface area contributed by atoms with Gasteiger partial charge in [-0.15, -0.1) is 0 Å². The van der Waals surface area contributed by atoms with Gasteiger partial charge in [0.25, 0.3) is 0 Å². The minimum atomic E-state index is -0.439. The van der Waals surface area contributed by atoms with E-state index in [-0.39, 0.29) is 12.2 Å². The summed E-state index contributed by atoms with van der Waals surface area (Å²) in [4.78, 5) is 11.1. The molecule has 1 rings (SSSR count). The third-order valence-electron chi connectivity index (χ3n) is 2.09. The summed E-state index contributed by atoms with van der Waals surface area (Å²) >= 11 is 0. The van der Waals surface area contributed by atoms with Gasteiger partial charge in [0.15, 0.2) is 0 Å². The first-order valence-corrected chi connectivity index (χ1v) is 4.62. The minimum Gasteiger partial charge on any atom is -0.469 e. The van der Waals surface area contributed by atoms with E-state index in [0.717, 1.165) is 0 Å². The van der Waals surface area contributed by atoms with E-state index < -0.39 is 5.97 Å². The summed E-state index contributed by atoms with van der Waals surface area (Å²) < 4.78 is 17.7. The van der Waals surface area contributed by atoms with Crippen LogP contribution >= 0.6 is 0 Å². The number of halogens is 1. The van der Waals surface area contributed by atoms with Crippen LogP contribution in [0.25, 0.3) is 5.57 Å². The van der Waals surface area contributed by atoms with Gasteiger partial charge < -0.3 is 4.74 Å². The van der Waals surface area contributed by atoms with Gasteiger partial charge in [0, 0.05) is 5.57 Å². The molecule has 0 saturated heterocycles. The minimum absolute atomic E-state index is 0.0388. The maximum atomic E-state index is 13.2. The van der Waals surface area contributed by atoms with Crippen molar-refractivity contribution in [2.75, 3.05) is 7.11 Å². The fraction of sp³-hybridized carbons (Fsp3) is 0.250. The second kappa shape index (κ2) is 5.29. The molecular weight excluding hydrogens is 195 g/mol. The first-order valence-electron chi connectivity index (χ1n) is 4.62. The van der Waals surface area contributed by atoms with E-state index in [1.54, 1.807) is 24.3 Å². The molecule has 0 heterocycles. The molecular formula is C12H13FO2. The smallest absolute Gasteiger partial charge is 0.310 e. The first-order chi connectivity index (χ1) is 7.15. The molecule has 0 spiro atoms. The Kier molecular flexibility index (Phi) is 4.03. The quantitative estimate of drug-likeness (QED) is 0.714. The van der Waals surface area contributed by atoms with Crippen molar-refractivity contribution in [1.82, 2.24) is 0 Å². The van der Waals surface area contributed by atoms with Gasteiger partial charge in [-0.2, -0.15) is 0 Å². The van der Waals surface area contributed by atoms with Crippen LogP contribution < -0.4 is 0 Å². The van der Waals surface area contributed by atoms with Crippen LogP contribution in [-0.4, -0.2) is 13.1 Å².